The molecule has 1 aromatic rings. The lowest BCUT2D eigenvalue weighted by molar-refractivity contribution is -0.385. The van der Waals surface area contributed by atoms with E-state index in [9.17, 15) is 10.1 Å². The molecule has 0 fully saturated rings. The fraction of sp³-hybridized carbons (Fsp3) is 0.333. The Hall–Kier alpha value is -0.940. The van der Waals surface area contributed by atoms with Gasteiger partial charge in [-0.3, -0.25) is 10.1 Å². The number of rotatable bonds is 3. The number of nitro groups is 1. The maximum absolute atomic E-state index is 10.7. The lowest BCUT2D eigenvalue weighted by atomic mass is 10.2. The SMILES string of the molecule is CN(C)Cc1cc(Br)ccc1[N+](=O)[O-]. The Balaban J connectivity index is 3.09. The molecule has 5 heteroatoms. The van der Waals surface area contributed by atoms with Crippen LogP contribution in [0.15, 0.2) is 22.7 Å². The van der Waals surface area contributed by atoms with Crippen LogP contribution in [-0.4, -0.2) is 23.9 Å². The first-order chi connectivity index (χ1) is 6.50. The molecular weight excluding hydrogens is 248 g/mol. The van der Waals surface area contributed by atoms with Crippen LogP contribution in [0, 0.1) is 10.1 Å². The van der Waals surface area contributed by atoms with Gasteiger partial charge in [-0.25, -0.2) is 0 Å². The first kappa shape index (κ1) is 11.1. The third kappa shape index (κ3) is 2.78. The Morgan fingerprint density at radius 3 is 2.64 bits per heavy atom. The van der Waals surface area contributed by atoms with E-state index in [1.165, 1.54) is 6.07 Å². The van der Waals surface area contributed by atoms with Crippen molar-refractivity contribution in [3.05, 3.63) is 38.3 Å². The highest BCUT2D eigenvalue weighted by molar-refractivity contribution is 9.10. The number of nitrogens with zero attached hydrogens (tertiary/aromatic N) is 2. The summed E-state index contributed by atoms with van der Waals surface area (Å²) in [4.78, 5) is 12.2. The molecule has 0 aliphatic carbocycles. The Kier molecular flexibility index (Phi) is 3.60. The molecule has 0 aliphatic heterocycles. The van der Waals surface area contributed by atoms with Crippen molar-refractivity contribution in [1.29, 1.82) is 0 Å². The summed E-state index contributed by atoms with van der Waals surface area (Å²) in [7, 11) is 3.76. The van der Waals surface area contributed by atoms with Crippen LogP contribution < -0.4 is 0 Å². The van der Waals surface area contributed by atoms with Gasteiger partial charge in [-0.1, -0.05) is 15.9 Å². The van der Waals surface area contributed by atoms with Crippen molar-refractivity contribution in [3.63, 3.8) is 0 Å². The molecule has 1 aromatic carbocycles. The summed E-state index contributed by atoms with van der Waals surface area (Å²) in [5.41, 5.74) is 0.885. The van der Waals surface area contributed by atoms with E-state index in [1.54, 1.807) is 12.1 Å². The zero-order chi connectivity index (χ0) is 10.7. The van der Waals surface area contributed by atoms with Gasteiger partial charge in [-0.15, -0.1) is 0 Å². The van der Waals surface area contributed by atoms with E-state index in [-0.39, 0.29) is 10.6 Å². The first-order valence-electron chi connectivity index (χ1n) is 4.08. The van der Waals surface area contributed by atoms with Crippen molar-refractivity contribution < 1.29 is 4.92 Å². The highest BCUT2D eigenvalue weighted by atomic mass is 79.9. The van der Waals surface area contributed by atoms with Crippen molar-refractivity contribution in [2.45, 2.75) is 6.54 Å². The van der Waals surface area contributed by atoms with Crippen LogP contribution >= 0.6 is 15.9 Å². The molecule has 0 heterocycles. The van der Waals surface area contributed by atoms with Gasteiger partial charge in [-0.05, 0) is 26.2 Å². The maximum atomic E-state index is 10.7. The van der Waals surface area contributed by atoms with Crippen molar-refractivity contribution in [1.82, 2.24) is 4.90 Å². The molecule has 0 unspecified atom stereocenters. The summed E-state index contributed by atoms with van der Waals surface area (Å²) in [5.74, 6) is 0. The summed E-state index contributed by atoms with van der Waals surface area (Å²) >= 11 is 3.29. The first-order valence-corrected chi connectivity index (χ1v) is 4.87. The number of hydrogen-bond acceptors (Lipinski definition) is 3. The lowest BCUT2D eigenvalue weighted by Gasteiger charge is -2.09. The van der Waals surface area contributed by atoms with Crippen LogP contribution in [0.2, 0.25) is 0 Å². The van der Waals surface area contributed by atoms with Crippen molar-refractivity contribution >= 4 is 21.6 Å². The average molecular weight is 259 g/mol. The van der Waals surface area contributed by atoms with Gasteiger partial charge >= 0.3 is 0 Å². The van der Waals surface area contributed by atoms with E-state index in [1.807, 2.05) is 19.0 Å². The molecule has 0 amide bonds. The minimum atomic E-state index is -0.356. The van der Waals surface area contributed by atoms with Crippen LogP contribution in [0.25, 0.3) is 0 Å². The Labute approximate surface area is 90.8 Å². The minimum absolute atomic E-state index is 0.168. The van der Waals surface area contributed by atoms with Gasteiger partial charge in [0.15, 0.2) is 0 Å². The van der Waals surface area contributed by atoms with Crippen molar-refractivity contribution in [3.8, 4) is 0 Å². The third-order valence-electron chi connectivity index (χ3n) is 1.72. The highest BCUT2D eigenvalue weighted by Gasteiger charge is 2.13. The molecule has 0 aliphatic rings. The standard InChI is InChI=1S/C9H11BrN2O2/c1-11(2)6-7-5-8(10)3-4-9(7)12(13)14/h3-5H,6H2,1-2H3. The van der Waals surface area contributed by atoms with Crippen LogP contribution in [0.3, 0.4) is 0 Å². The number of halogens is 1. The van der Waals surface area contributed by atoms with E-state index in [0.717, 1.165) is 10.0 Å². The van der Waals surface area contributed by atoms with Crippen LogP contribution in [-0.2, 0) is 6.54 Å². The smallest absolute Gasteiger partial charge is 0.273 e. The molecule has 0 saturated heterocycles. The van der Waals surface area contributed by atoms with E-state index >= 15 is 0 Å². The van der Waals surface area contributed by atoms with Gasteiger partial charge in [0.2, 0.25) is 0 Å². The topological polar surface area (TPSA) is 46.4 Å². The minimum Gasteiger partial charge on any atom is -0.305 e. The average Bonchev–Trinajstić information content (AvgIpc) is 2.01. The Morgan fingerprint density at radius 1 is 1.50 bits per heavy atom. The molecule has 1 rings (SSSR count). The van der Waals surface area contributed by atoms with Gasteiger partial charge in [-0.2, -0.15) is 0 Å². The number of benzene rings is 1. The van der Waals surface area contributed by atoms with Crippen LogP contribution in [0.1, 0.15) is 5.56 Å². The van der Waals surface area contributed by atoms with Gasteiger partial charge < -0.3 is 4.90 Å². The zero-order valence-electron chi connectivity index (χ0n) is 8.03. The largest absolute Gasteiger partial charge is 0.305 e. The van der Waals surface area contributed by atoms with Crippen molar-refractivity contribution in [2.75, 3.05) is 14.1 Å². The second kappa shape index (κ2) is 4.52. The summed E-state index contributed by atoms with van der Waals surface area (Å²) in [6, 6.07) is 4.97. The number of hydrogen-bond donors (Lipinski definition) is 0. The quantitative estimate of drug-likeness (QED) is 0.618. The summed E-state index contributed by atoms with van der Waals surface area (Å²) < 4.78 is 0.861. The fourth-order valence-corrected chi connectivity index (χ4v) is 1.61. The number of nitro benzene ring substituents is 1. The van der Waals surface area contributed by atoms with Gasteiger partial charge in [0.1, 0.15) is 0 Å². The monoisotopic (exact) mass is 258 g/mol. The molecule has 76 valence electrons. The second-order valence-electron chi connectivity index (χ2n) is 3.27. The van der Waals surface area contributed by atoms with Crippen molar-refractivity contribution in [2.24, 2.45) is 0 Å². The van der Waals surface area contributed by atoms with Gasteiger partial charge in [0.25, 0.3) is 5.69 Å². The zero-order valence-corrected chi connectivity index (χ0v) is 9.61. The van der Waals surface area contributed by atoms with E-state index in [0.29, 0.717) is 6.54 Å². The predicted octanol–water partition coefficient (Wildman–Crippen LogP) is 2.42. The lowest BCUT2D eigenvalue weighted by Crippen LogP contribution is -2.12. The molecule has 0 bridgehead atoms. The molecule has 0 radical (unpaired) electrons. The van der Waals surface area contributed by atoms with Gasteiger partial charge in [0, 0.05) is 22.6 Å². The molecular formula is C9H11BrN2O2. The molecule has 0 aromatic heterocycles. The van der Waals surface area contributed by atoms with Gasteiger partial charge in [0.05, 0.1) is 4.92 Å². The van der Waals surface area contributed by atoms with E-state index in [4.69, 9.17) is 0 Å². The molecule has 14 heavy (non-hydrogen) atoms. The molecule has 4 nitrogen and oxygen atoms in total. The second-order valence-corrected chi connectivity index (χ2v) is 4.18. The highest BCUT2D eigenvalue weighted by Crippen LogP contribution is 2.23. The molecule has 0 N–H and O–H groups in total. The normalized spacial score (nSPS) is 10.6. The molecule has 0 atom stereocenters. The fourth-order valence-electron chi connectivity index (χ4n) is 1.20. The molecule has 0 saturated carbocycles. The predicted molar refractivity (Wildman–Crippen MR) is 58.2 cm³/mol. The summed E-state index contributed by atoms with van der Waals surface area (Å²) in [6.07, 6.45) is 0. The summed E-state index contributed by atoms with van der Waals surface area (Å²) in [6.45, 7) is 0.565. The Bertz CT molecular complexity index is 353. The third-order valence-corrected chi connectivity index (χ3v) is 2.22. The molecule has 0 spiro atoms. The van der Waals surface area contributed by atoms with E-state index < -0.39 is 0 Å². The van der Waals surface area contributed by atoms with Crippen LogP contribution in [0.4, 0.5) is 5.69 Å². The Morgan fingerprint density at radius 2 is 2.14 bits per heavy atom. The van der Waals surface area contributed by atoms with E-state index in [2.05, 4.69) is 15.9 Å². The van der Waals surface area contributed by atoms with Crippen LogP contribution in [0.5, 0.6) is 0 Å². The summed E-state index contributed by atoms with van der Waals surface area (Å²) in [5, 5.41) is 10.7. The maximum Gasteiger partial charge on any atom is 0.273 e.